The van der Waals surface area contributed by atoms with Crippen LogP contribution in [0.1, 0.15) is 25.7 Å². The summed E-state index contributed by atoms with van der Waals surface area (Å²) in [4.78, 5) is 12.5. The Balaban J connectivity index is 1.85. The van der Waals surface area contributed by atoms with Gasteiger partial charge in [0.25, 0.3) is 5.91 Å². The average Bonchev–Trinajstić information content (AvgIpc) is 2.94. The molecule has 0 unspecified atom stereocenters. The van der Waals surface area contributed by atoms with E-state index >= 15 is 0 Å². The summed E-state index contributed by atoms with van der Waals surface area (Å²) in [5, 5.41) is 0. The van der Waals surface area contributed by atoms with Crippen molar-refractivity contribution in [3.8, 4) is 0 Å². The van der Waals surface area contributed by atoms with Gasteiger partial charge in [-0.25, -0.2) is 0 Å². The van der Waals surface area contributed by atoms with Crippen LogP contribution < -0.4 is 0 Å². The van der Waals surface area contributed by atoms with Gasteiger partial charge in [-0.3, -0.25) is 4.79 Å². The molecule has 0 aromatic carbocycles. The number of hydrogen-bond donors (Lipinski definition) is 0. The highest BCUT2D eigenvalue weighted by atomic mass is 19.3. The van der Waals surface area contributed by atoms with Gasteiger partial charge in [0, 0.05) is 13.1 Å². The number of halogens is 2. The van der Waals surface area contributed by atoms with E-state index in [4.69, 9.17) is 0 Å². The molecule has 0 saturated heterocycles. The van der Waals surface area contributed by atoms with E-state index in [2.05, 4.69) is 0 Å². The lowest BCUT2D eigenvalue weighted by Gasteiger charge is -2.21. The van der Waals surface area contributed by atoms with Crippen LogP contribution in [-0.2, 0) is 4.79 Å². The standard InChI is InChI=1S/C10H15F2NO/c11-9(12)10(14)13(5-7-1-2-7)6-8-3-4-8/h7-9H,1-6H2. The number of hydrogen-bond acceptors (Lipinski definition) is 1. The predicted molar refractivity (Wildman–Crippen MR) is 48.0 cm³/mol. The summed E-state index contributed by atoms with van der Waals surface area (Å²) >= 11 is 0. The Kier molecular flexibility index (Phi) is 2.70. The molecule has 0 atom stereocenters. The van der Waals surface area contributed by atoms with Crippen LogP contribution >= 0.6 is 0 Å². The highest BCUT2D eigenvalue weighted by Crippen LogP contribution is 2.34. The van der Waals surface area contributed by atoms with Gasteiger partial charge in [-0.15, -0.1) is 0 Å². The molecule has 2 aliphatic carbocycles. The van der Waals surface area contributed by atoms with E-state index in [1.807, 2.05) is 0 Å². The number of rotatable bonds is 5. The lowest BCUT2D eigenvalue weighted by atomic mass is 10.3. The summed E-state index contributed by atoms with van der Waals surface area (Å²) in [5.41, 5.74) is 0. The van der Waals surface area contributed by atoms with E-state index < -0.39 is 12.3 Å². The first kappa shape index (κ1) is 9.87. The first-order chi connectivity index (χ1) is 6.66. The number of carbonyl (C=O) groups is 1. The number of nitrogens with zero attached hydrogens (tertiary/aromatic N) is 1. The molecule has 1 amide bonds. The van der Waals surface area contributed by atoms with Gasteiger partial charge in [-0.2, -0.15) is 8.78 Å². The molecule has 4 heteroatoms. The Hall–Kier alpha value is -0.670. The second-order valence-electron chi connectivity index (χ2n) is 4.43. The van der Waals surface area contributed by atoms with Gasteiger partial charge in [-0.05, 0) is 37.5 Å². The molecule has 2 aliphatic rings. The lowest BCUT2D eigenvalue weighted by molar-refractivity contribution is -0.143. The fourth-order valence-electron chi connectivity index (χ4n) is 1.62. The minimum Gasteiger partial charge on any atom is -0.337 e. The molecule has 2 nitrogen and oxygen atoms in total. The summed E-state index contributed by atoms with van der Waals surface area (Å²) in [5.74, 6) is 0.0247. The molecule has 0 spiro atoms. The molecular formula is C10H15F2NO. The molecule has 0 aromatic heterocycles. The Bertz CT molecular complexity index is 210. The molecule has 80 valence electrons. The Morgan fingerprint density at radius 3 is 1.86 bits per heavy atom. The van der Waals surface area contributed by atoms with E-state index in [1.54, 1.807) is 0 Å². The Labute approximate surface area is 82.3 Å². The van der Waals surface area contributed by atoms with Crippen molar-refractivity contribution < 1.29 is 13.6 Å². The van der Waals surface area contributed by atoms with Gasteiger partial charge >= 0.3 is 6.43 Å². The Morgan fingerprint density at radius 1 is 1.14 bits per heavy atom. The van der Waals surface area contributed by atoms with Crippen LogP contribution in [0.4, 0.5) is 8.78 Å². The van der Waals surface area contributed by atoms with Crippen molar-refractivity contribution in [3.63, 3.8) is 0 Å². The monoisotopic (exact) mass is 203 g/mol. The van der Waals surface area contributed by atoms with Crippen molar-refractivity contribution in [2.75, 3.05) is 13.1 Å². The van der Waals surface area contributed by atoms with Crippen LogP contribution in [0, 0.1) is 11.8 Å². The van der Waals surface area contributed by atoms with Crippen molar-refractivity contribution in [2.45, 2.75) is 32.1 Å². The highest BCUT2D eigenvalue weighted by molar-refractivity contribution is 5.79. The lowest BCUT2D eigenvalue weighted by Crippen LogP contribution is -2.38. The minimum absolute atomic E-state index is 0.497. The summed E-state index contributed by atoms with van der Waals surface area (Å²) in [6, 6.07) is 0. The maximum absolute atomic E-state index is 12.2. The molecule has 0 aliphatic heterocycles. The van der Waals surface area contributed by atoms with Crippen LogP contribution in [0.5, 0.6) is 0 Å². The quantitative estimate of drug-likeness (QED) is 0.668. The number of alkyl halides is 2. The van der Waals surface area contributed by atoms with E-state index in [9.17, 15) is 13.6 Å². The molecule has 0 heterocycles. The number of amides is 1. The van der Waals surface area contributed by atoms with Gasteiger partial charge in [0.1, 0.15) is 0 Å². The molecule has 14 heavy (non-hydrogen) atoms. The zero-order valence-electron chi connectivity index (χ0n) is 8.09. The fourth-order valence-corrected chi connectivity index (χ4v) is 1.62. The Morgan fingerprint density at radius 2 is 1.57 bits per heavy atom. The van der Waals surface area contributed by atoms with Crippen molar-refractivity contribution in [1.29, 1.82) is 0 Å². The topological polar surface area (TPSA) is 20.3 Å². The normalized spacial score (nSPS) is 21.4. The van der Waals surface area contributed by atoms with E-state index in [0.29, 0.717) is 24.9 Å². The van der Waals surface area contributed by atoms with E-state index in [-0.39, 0.29) is 0 Å². The molecule has 2 saturated carbocycles. The first-order valence-corrected chi connectivity index (χ1v) is 5.23. The number of carbonyl (C=O) groups excluding carboxylic acids is 1. The van der Waals surface area contributed by atoms with Crippen LogP contribution in [-0.4, -0.2) is 30.3 Å². The van der Waals surface area contributed by atoms with Crippen LogP contribution in [0.25, 0.3) is 0 Å². The minimum atomic E-state index is -2.83. The highest BCUT2D eigenvalue weighted by Gasteiger charge is 2.34. The first-order valence-electron chi connectivity index (χ1n) is 5.23. The molecule has 0 aromatic rings. The van der Waals surface area contributed by atoms with Gasteiger partial charge in [0.2, 0.25) is 0 Å². The third kappa shape index (κ3) is 2.66. The zero-order chi connectivity index (χ0) is 10.1. The summed E-state index contributed by atoms with van der Waals surface area (Å²) < 4.78 is 24.5. The van der Waals surface area contributed by atoms with E-state index in [1.165, 1.54) is 4.90 Å². The molecular weight excluding hydrogens is 188 g/mol. The molecule has 2 fully saturated rings. The molecule has 2 rings (SSSR count). The van der Waals surface area contributed by atoms with Crippen LogP contribution in [0.15, 0.2) is 0 Å². The largest absolute Gasteiger partial charge is 0.337 e. The molecule has 0 radical (unpaired) electrons. The summed E-state index contributed by atoms with van der Waals surface area (Å²) in [7, 11) is 0. The van der Waals surface area contributed by atoms with Gasteiger partial charge < -0.3 is 4.90 Å². The maximum Gasteiger partial charge on any atom is 0.315 e. The fraction of sp³-hybridized carbons (Fsp3) is 0.900. The van der Waals surface area contributed by atoms with Crippen molar-refractivity contribution in [2.24, 2.45) is 11.8 Å². The SMILES string of the molecule is O=C(C(F)F)N(CC1CC1)CC1CC1. The second kappa shape index (κ2) is 3.83. The molecule has 0 bridgehead atoms. The van der Waals surface area contributed by atoms with Crippen molar-refractivity contribution >= 4 is 5.91 Å². The van der Waals surface area contributed by atoms with E-state index in [0.717, 1.165) is 25.7 Å². The summed E-state index contributed by atoms with van der Waals surface area (Å²) in [6.45, 7) is 1.11. The zero-order valence-corrected chi connectivity index (χ0v) is 8.09. The third-order valence-electron chi connectivity index (χ3n) is 2.85. The molecule has 0 N–H and O–H groups in total. The summed E-state index contributed by atoms with van der Waals surface area (Å²) in [6.07, 6.45) is 1.55. The second-order valence-corrected chi connectivity index (χ2v) is 4.43. The van der Waals surface area contributed by atoms with Gasteiger partial charge in [0.05, 0.1) is 0 Å². The van der Waals surface area contributed by atoms with Crippen molar-refractivity contribution in [1.82, 2.24) is 4.90 Å². The average molecular weight is 203 g/mol. The van der Waals surface area contributed by atoms with Gasteiger partial charge in [-0.1, -0.05) is 0 Å². The smallest absolute Gasteiger partial charge is 0.315 e. The predicted octanol–water partition coefficient (Wildman–Crippen LogP) is 1.90. The third-order valence-corrected chi connectivity index (χ3v) is 2.85. The van der Waals surface area contributed by atoms with Crippen LogP contribution in [0.2, 0.25) is 0 Å². The van der Waals surface area contributed by atoms with Crippen LogP contribution in [0.3, 0.4) is 0 Å². The maximum atomic E-state index is 12.2. The van der Waals surface area contributed by atoms with Crippen molar-refractivity contribution in [3.05, 3.63) is 0 Å². The van der Waals surface area contributed by atoms with Gasteiger partial charge in [0.15, 0.2) is 0 Å².